The number of hydrogen-bond acceptors (Lipinski definition) is 5. The Morgan fingerprint density at radius 3 is 2.77 bits per heavy atom. The smallest absolute Gasteiger partial charge is 0.253 e. The van der Waals surface area contributed by atoms with Crippen molar-refractivity contribution < 1.29 is 4.79 Å². The number of piperidine rings is 1. The van der Waals surface area contributed by atoms with E-state index in [9.17, 15) is 4.79 Å². The minimum absolute atomic E-state index is 0.0188. The van der Waals surface area contributed by atoms with Crippen molar-refractivity contribution in [2.75, 3.05) is 19.6 Å². The van der Waals surface area contributed by atoms with Crippen molar-refractivity contribution in [1.29, 1.82) is 0 Å². The summed E-state index contributed by atoms with van der Waals surface area (Å²) in [6, 6.07) is 13.9. The number of amides is 1. The molecule has 1 aromatic carbocycles. The number of nitrogens with zero attached hydrogens (tertiary/aromatic N) is 3. The first-order chi connectivity index (χ1) is 15.2. The predicted molar refractivity (Wildman–Crippen MR) is 119 cm³/mol. The summed E-state index contributed by atoms with van der Waals surface area (Å²) in [7, 11) is 0. The summed E-state index contributed by atoms with van der Waals surface area (Å²) in [5.74, 6) is 0.596. The monoisotopic (exact) mass is 410 g/mol. The average Bonchev–Trinajstić information content (AvgIpc) is 3.30. The van der Waals surface area contributed by atoms with Crippen molar-refractivity contribution in [2.24, 2.45) is 0 Å². The van der Waals surface area contributed by atoms with Crippen LogP contribution in [0.25, 0.3) is 33.7 Å². The number of rotatable bonds is 2. The van der Waals surface area contributed by atoms with Gasteiger partial charge in [-0.1, -0.05) is 18.2 Å². The van der Waals surface area contributed by atoms with E-state index in [-0.39, 0.29) is 11.3 Å². The zero-order valence-electron chi connectivity index (χ0n) is 17.0. The number of nitrogens with one attached hydrogen (secondary N) is 3. The summed E-state index contributed by atoms with van der Waals surface area (Å²) >= 11 is 0. The van der Waals surface area contributed by atoms with Gasteiger partial charge in [0.05, 0.1) is 22.5 Å². The Kier molecular flexibility index (Phi) is 4.11. The zero-order chi connectivity index (χ0) is 20.8. The van der Waals surface area contributed by atoms with E-state index in [4.69, 9.17) is 4.98 Å². The van der Waals surface area contributed by atoms with Gasteiger partial charge in [-0.25, -0.2) is 9.97 Å². The second-order valence-electron chi connectivity index (χ2n) is 8.37. The molecule has 1 fully saturated rings. The van der Waals surface area contributed by atoms with Crippen LogP contribution in [0.1, 0.15) is 28.9 Å². The molecule has 4 aromatic rings. The number of aromatic nitrogens is 4. The minimum atomic E-state index is -0.0368. The number of carbonyl (C=O) groups is 1. The molecule has 7 heteroatoms. The molecule has 2 aliphatic heterocycles. The number of H-pyrrole nitrogens is 1. The van der Waals surface area contributed by atoms with Crippen molar-refractivity contribution in [1.82, 2.24) is 30.6 Å². The maximum absolute atomic E-state index is 12.6. The van der Waals surface area contributed by atoms with E-state index in [0.717, 1.165) is 65.0 Å². The molecule has 0 saturated carbocycles. The quantitative estimate of drug-likeness (QED) is 0.472. The molecule has 1 amide bonds. The molecule has 0 bridgehead atoms. The highest BCUT2D eigenvalue weighted by Crippen LogP contribution is 2.39. The van der Waals surface area contributed by atoms with E-state index in [0.29, 0.717) is 12.4 Å². The standard InChI is InChI=1S/C24H22N6O/c31-23-17-12-20(29-21(17)24(14-28-23)6-9-25-10-7-24)19-5-8-26-22(30-19)16-11-15-3-1-2-4-18(15)27-13-16/h1-5,8,11-13,25,29H,6-7,9-10,14H2,(H,28,31). The summed E-state index contributed by atoms with van der Waals surface area (Å²) in [6.07, 6.45) is 5.56. The SMILES string of the molecule is O=C1NCC2(CCNCC2)c2[nH]c(-c3ccnc(-c4cnc5ccccc5c4)n3)cc21. The van der Waals surface area contributed by atoms with E-state index in [1.165, 1.54) is 0 Å². The molecule has 5 heterocycles. The van der Waals surface area contributed by atoms with Crippen molar-refractivity contribution in [3.05, 3.63) is 66.1 Å². The van der Waals surface area contributed by atoms with Gasteiger partial charge < -0.3 is 15.6 Å². The highest BCUT2D eigenvalue weighted by molar-refractivity contribution is 5.98. The molecular weight excluding hydrogens is 388 g/mol. The van der Waals surface area contributed by atoms with Gasteiger partial charge in [0, 0.05) is 41.0 Å². The third-order valence-corrected chi connectivity index (χ3v) is 6.52. The third-order valence-electron chi connectivity index (χ3n) is 6.52. The number of benzene rings is 1. The molecule has 6 rings (SSSR count). The maximum atomic E-state index is 12.6. The highest BCUT2D eigenvalue weighted by Gasteiger charge is 2.42. The second kappa shape index (κ2) is 6.99. The van der Waals surface area contributed by atoms with Crippen LogP contribution in [-0.2, 0) is 5.41 Å². The largest absolute Gasteiger partial charge is 0.356 e. The lowest BCUT2D eigenvalue weighted by Crippen LogP contribution is -2.51. The van der Waals surface area contributed by atoms with Crippen LogP contribution >= 0.6 is 0 Å². The first kappa shape index (κ1) is 18.2. The first-order valence-electron chi connectivity index (χ1n) is 10.6. The molecule has 31 heavy (non-hydrogen) atoms. The molecule has 3 N–H and O–H groups in total. The van der Waals surface area contributed by atoms with Crippen molar-refractivity contribution in [3.63, 3.8) is 0 Å². The van der Waals surface area contributed by atoms with Crippen LogP contribution in [0.4, 0.5) is 0 Å². The topological polar surface area (TPSA) is 95.6 Å². The zero-order valence-corrected chi connectivity index (χ0v) is 17.0. The number of hydrogen-bond donors (Lipinski definition) is 3. The number of fused-ring (bicyclic) bond motifs is 3. The van der Waals surface area contributed by atoms with Crippen molar-refractivity contribution >= 4 is 16.8 Å². The molecular formula is C24H22N6O. The molecule has 154 valence electrons. The average molecular weight is 410 g/mol. The van der Waals surface area contributed by atoms with Crippen LogP contribution in [0.3, 0.4) is 0 Å². The molecule has 0 radical (unpaired) electrons. The van der Waals surface area contributed by atoms with Gasteiger partial charge in [0.2, 0.25) is 0 Å². The molecule has 1 saturated heterocycles. The molecule has 3 aromatic heterocycles. The number of para-hydroxylation sites is 1. The fourth-order valence-corrected chi connectivity index (χ4v) is 4.80. The Morgan fingerprint density at radius 1 is 1.00 bits per heavy atom. The Balaban J connectivity index is 1.42. The van der Waals surface area contributed by atoms with Gasteiger partial charge in [0.15, 0.2) is 5.82 Å². The molecule has 0 aliphatic carbocycles. The highest BCUT2D eigenvalue weighted by atomic mass is 16.1. The van der Waals surface area contributed by atoms with E-state index in [1.54, 1.807) is 12.4 Å². The first-order valence-corrected chi connectivity index (χ1v) is 10.6. The van der Waals surface area contributed by atoms with E-state index in [2.05, 4.69) is 31.7 Å². The minimum Gasteiger partial charge on any atom is -0.356 e. The fourth-order valence-electron chi connectivity index (χ4n) is 4.80. The molecule has 7 nitrogen and oxygen atoms in total. The van der Waals surface area contributed by atoms with Crippen LogP contribution in [0.15, 0.2) is 54.9 Å². The predicted octanol–water partition coefficient (Wildman–Crippen LogP) is 3.05. The summed E-state index contributed by atoms with van der Waals surface area (Å²) in [4.78, 5) is 29.9. The second-order valence-corrected chi connectivity index (χ2v) is 8.37. The normalized spacial score (nSPS) is 17.5. The van der Waals surface area contributed by atoms with Gasteiger partial charge in [0.25, 0.3) is 5.91 Å². The fraction of sp³-hybridized carbons (Fsp3) is 0.250. The number of aromatic amines is 1. The molecule has 0 atom stereocenters. The van der Waals surface area contributed by atoms with Crippen LogP contribution < -0.4 is 10.6 Å². The van der Waals surface area contributed by atoms with Crippen molar-refractivity contribution in [3.8, 4) is 22.8 Å². The van der Waals surface area contributed by atoms with Crippen LogP contribution in [0, 0.1) is 0 Å². The Hall–Kier alpha value is -3.58. The van der Waals surface area contributed by atoms with Crippen LogP contribution in [0.2, 0.25) is 0 Å². The third kappa shape index (κ3) is 3.00. The summed E-state index contributed by atoms with van der Waals surface area (Å²) < 4.78 is 0. The maximum Gasteiger partial charge on any atom is 0.253 e. The summed E-state index contributed by atoms with van der Waals surface area (Å²) in [5.41, 5.74) is 5.16. The number of pyridine rings is 1. The Bertz CT molecular complexity index is 1300. The lowest BCUT2D eigenvalue weighted by Gasteiger charge is -2.40. The van der Waals surface area contributed by atoms with Gasteiger partial charge >= 0.3 is 0 Å². The van der Waals surface area contributed by atoms with Gasteiger partial charge in [-0.3, -0.25) is 9.78 Å². The molecule has 1 spiro atoms. The van der Waals surface area contributed by atoms with E-state index >= 15 is 0 Å². The summed E-state index contributed by atoms with van der Waals surface area (Å²) in [5, 5.41) is 7.56. The van der Waals surface area contributed by atoms with Crippen LogP contribution in [0.5, 0.6) is 0 Å². The Labute approximate surface area is 179 Å². The Morgan fingerprint density at radius 2 is 1.87 bits per heavy atom. The van der Waals surface area contributed by atoms with Crippen LogP contribution in [-0.4, -0.2) is 45.5 Å². The molecule has 0 unspecified atom stereocenters. The van der Waals surface area contributed by atoms with Gasteiger partial charge in [0.1, 0.15) is 0 Å². The van der Waals surface area contributed by atoms with E-state index < -0.39 is 0 Å². The lowest BCUT2D eigenvalue weighted by molar-refractivity contribution is 0.0913. The van der Waals surface area contributed by atoms with Gasteiger partial charge in [-0.2, -0.15) is 0 Å². The lowest BCUT2D eigenvalue weighted by atomic mass is 9.73. The summed E-state index contributed by atoms with van der Waals surface area (Å²) in [6.45, 7) is 2.59. The number of carbonyl (C=O) groups excluding carboxylic acids is 1. The van der Waals surface area contributed by atoms with Gasteiger partial charge in [-0.15, -0.1) is 0 Å². The van der Waals surface area contributed by atoms with Gasteiger partial charge in [-0.05, 0) is 50.2 Å². The van der Waals surface area contributed by atoms with E-state index in [1.807, 2.05) is 36.4 Å². The molecule has 2 aliphatic rings. The van der Waals surface area contributed by atoms with Crippen molar-refractivity contribution in [2.45, 2.75) is 18.3 Å².